The van der Waals surface area contributed by atoms with Crippen molar-refractivity contribution in [1.29, 1.82) is 0 Å². The molecule has 0 heterocycles. The number of hydrogen-bond donors (Lipinski definition) is 3. The Morgan fingerprint density at radius 1 is 1.33 bits per heavy atom. The van der Waals surface area contributed by atoms with Crippen molar-refractivity contribution in [2.45, 2.75) is 59.4 Å². The molecule has 1 amide bonds. The van der Waals surface area contributed by atoms with Gasteiger partial charge >= 0.3 is 0 Å². The number of nitrogens with two attached hydrogens (primary N) is 1. The van der Waals surface area contributed by atoms with Gasteiger partial charge in [0.2, 0.25) is 5.91 Å². The van der Waals surface area contributed by atoms with Crippen LogP contribution in [0.2, 0.25) is 0 Å². The maximum Gasteiger partial charge on any atom is 0.227 e. The van der Waals surface area contributed by atoms with E-state index in [1.807, 2.05) is 0 Å². The van der Waals surface area contributed by atoms with E-state index in [1.165, 1.54) is 0 Å². The minimum absolute atomic E-state index is 0.0478. The van der Waals surface area contributed by atoms with Crippen molar-refractivity contribution in [2.24, 2.45) is 21.7 Å². The topological polar surface area (TPSA) is 87.7 Å². The normalized spacial score (nSPS) is 23.7. The second-order valence-electron chi connectivity index (χ2n) is 6.95. The summed E-state index contributed by atoms with van der Waals surface area (Å²) in [6, 6.07) is 0.169. The quantitative estimate of drug-likeness (QED) is 0.311. The first-order valence-corrected chi connectivity index (χ1v) is 6.39. The molecule has 5 nitrogen and oxygen atoms in total. The van der Waals surface area contributed by atoms with E-state index < -0.39 is 0 Å². The van der Waals surface area contributed by atoms with Crippen LogP contribution in [0.25, 0.3) is 0 Å². The number of nitrogens with zero attached hydrogens (tertiary/aromatic N) is 1. The van der Waals surface area contributed by atoms with Crippen molar-refractivity contribution in [3.8, 4) is 0 Å². The van der Waals surface area contributed by atoms with Gasteiger partial charge in [-0.2, -0.15) is 0 Å². The number of amides is 1. The predicted molar refractivity (Wildman–Crippen MR) is 71.4 cm³/mol. The first-order chi connectivity index (χ1) is 8.13. The van der Waals surface area contributed by atoms with E-state index in [0.717, 1.165) is 19.3 Å². The van der Waals surface area contributed by atoms with Crippen molar-refractivity contribution < 1.29 is 10.0 Å². The first kappa shape index (κ1) is 14.8. The summed E-state index contributed by atoms with van der Waals surface area (Å²) in [5.41, 5.74) is 5.79. The first-order valence-electron chi connectivity index (χ1n) is 6.39. The molecule has 1 fully saturated rings. The number of hydrogen-bond acceptors (Lipinski definition) is 3. The molecule has 0 atom stereocenters. The molecule has 0 radical (unpaired) electrons. The molecule has 0 aliphatic heterocycles. The molecule has 4 N–H and O–H groups in total. The molecule has 104 valence electrons. The summed E-state index contributed by atoms with van der Waals surface area (Å²) in [6.45, 7) is 8.93. The Morgan fingerprint density at radius 2 is 1.83 bits per heavy atom. The number of rotatable bonds is 3. The fourth-order valence-corrected chi connectivity index (χ4v) is 3.43. The highest BCUT2D eigenvalue weighted by molar-refractivity contribution is 5.98. The van der Waals surface area contributed by atoms with Gasteiger partial charge in [-0.05, 0) is 30.1 Å². The zero-order chi connectivity index (χ0) is 14.0. The largest absolute Gasteiger partial charge is 0.409 e. The monoisotopic (exact) mass is 255 g/mol. The molecule has 0 aromatic heterocycles. The van der Waals surface area contributed by atoms with Crippen LogP contribution in [0.3, 0.4) is 0 Å². The zero-order valence-electron chi connectivity index (χ0n) is 11.8. The van der Waals surface area contributed by atoms with Crippen LogP contribution in [0.5, 0.6) is 0 Å². The highest BCUT2D eigenvalue weighted by Crippen LogP contribution is 2.45. The standard InChI is InChI=1S/C13H25N3O2/c1-12(2)6-9(7-13(3,4)8-12)15-11(17)5-10(14)16-18/h9,18H,5-8H2,1-4H3,(H2,14,16)(H,15,17). The summed E-state index contributed by atoms with van der Waals surface area (Å²) in [5, 5.41) is 14.2. The smallest absolute Gasteiger partial charge is 0.227 e. The molecule has 0 unspecified atom stereocenters. The van der Waals surface area contributed by atoms with Gasteiger partial charge in [0.15, 0.2) is 0 Å². The lowest BCUT2D eigenvalue weighted by Crippen LogP contribution is -2.46. The maximum atomic E-state index is 11.7. The minimum Gasteiger partial charge on any atom is -0.409 e. The minimum atomic E-state index is -0.177. The van der Waals surface area contributed by atoms with Crippen molar-refractivity contribution in [3.63, 3.8) is 0 Å². The van der Waals surface area contributed by atoms with E-state index in [0.29, 0.717) is 0 Å². The Bertz CT molecular complexity index is 332. The Kier molecular flexibility index (Phi) is 4.24. The van der Waals surface area contributed by atoms with E-state index in [4.69, 9.17) is 10.9 Å². The zero-order valence-corrected chi connectivity index (χ0v) is 11.8. The molecule has 1 rings (SSSR count). The Hall–Kier alpha value is -1.26. The van der Waals surface area contributed by atoms with Crippen molar-refractivity contribution in [1.82, 2.24) is 5.32 Å². The third-order valence-corrected chi connectivity index (χ3v) is 3.39. The predicted octanol–water partition coefficient (Wildman–Crippen LogP) is 1.84. The van der Waals surface area contributed by atoms with Gasteiger partial charge in [0.25, 0.3) is 0 Å². The second kappa shape index (κ2) is 5.16. The molecule has 1 saturated carbocycles. The number of amidine groups is 1. The molecule has 1 aliphatic carbocycles. The number of nitrogens with one attached hydrogen (secondary N) is 1. The summed E-state index contributed by atoms with van der Waals surface area (Å²) in [5.74, 6) is -0.231. The molecule has 0 spiro atoms. The van der Waals surface area contributed by atoms with Gasteiger partial charge in [0, 0.05) is 6.04 Å². The van der Waals surface area contributed by atoms with Crippen LogP contribution in [-0.4, -0.2) is 23.0 Å². The lowest BCUT2D eigenvalue weighted by atomic mass is 9.63. The van der Waals surface area contributed by atoms with Crippen molar-refractivity contribution in [3.05, 3.63) is 0 Å². The van der Waals surface area contributed by atoms with Gasteiger partial charge < -0.3 is 16.3 Å². The molecule has 1 aliphatic rings. The van der Waals surface area contributed by atoms with Gasteiger partial charge in [-0.3, -0.25) is 4.79 Å². The van der Waals surface area contributed by atoms with Crippen LogP contribution in [0.1, 0.15) is 53.4 Å². The number of carbonyl (C=O) groups is 1. The molecule has 18 heavy (non-hydrogen) atoms. The number of carbonyl (C=O) groups excluding carboxylic acids is 1. The van der Waals surface area contributed by atoms with Crippen LogP contribution in [0.4, 0.5) is 0 Å². The lowest BCUT2D eigenvalue weighted by molar-refractivity contribution is -0.121. The van der Waals surface area contributed by atoms with Crippen LogP contribution in [0.15, 0.2) is 5.16 Å². The SMILES string of the molecule is CC1(C)CC(NC(=O)CC(N)=NO)CC(C)(C)C1. The van der Waals surface area contributed by atoms with E-state index in [1.54, 1.807) is 0 Å². The van der Waals surface area contributed by atoms with Gasteiger partial charge in [-0.1, -0.05) is 32.9 Å². The maximum absolute atomic E-state index is 11.7. The fourth-order valence-electron chi connectivity index (χ4n) is 3.43. The summed E-state index contributed by atoms with van der Waals surface area (Å²) in [7, 11) is 0. The van der Waals surface area contributed by atoms with Gasteiger partial charge in [-0.25, -0.2) is 0 Å². The summed E-state index contributed by atoms with van der Waals surface area (Å²) < 4.78 is 0. The highest BCUT2D eigenvalue weighted by Gasteiger charge is 2.38. The average Bonchev–Trinajstić information content (AvgIpc) is 2.11. The molecule has 0 saturated heterocycles. The molecule has 0 aromatic rings. The number of oxime groups is 1. The van der Waals surface area contributed by atoms with E-state index in [9.17, 15) is 4.79 Å². The van der Waals surface area contributed by atoms with Gasteiger partial charge in [0.1, 0.15) is 5.84 Å². The van der Waals surface area contributed by atoms with Crippen LogP contribution < -0.4 is 11.1 Å². The third kappa shape index (κ3) is 4.55. The van der Waals surface area contributed by atoms with Crippen LogP contribution >= 0.6 is 0 Å². The Morgan fingerprint density at radius 3 is 2.28 bits per heavy atom. The average molecular weight is 255 g/mol. The fraction of sp³-hybridized carbons (Fsp3) is 0.846. The van der Waals surface area contributed by atoms with Crippen LogP contribution in [-0.2, 0) is 4.79 Å². The van der Waals surface area contributed by atoms with E-state index in [-0.39, 0.29) is 35.0 Å². The van der Waals surface area contributed by atoms with E-state index >= 15 is 0 Å². The summed E-state index contributed by atoms with van der Waals surface area (Å²) in [6.07, 6.45) is 3.05. The molecule has 5 heteroatoms. The van der Waals surface area contributed by atoms with E-state index in [2.05, 4.69) is 38.2 Å². The molecular weight excluding hydrogens is 230 g/mol. The second-order valence-corrected chi connectivity index (χ2v) is 6.95. The summed E-state index contributed by atoms with van der Waals surface area (Å²) >= 11 is 0. The molecule has 0 bridgehead atoms. The highest BCUT2D eigenvalue weighted by atomic mass is 16.4. The molecular formula is C13H25N3O2. The Labute approximate surface area is 109 Å². The van der Waals surface area contributed by atoms with Crippen LogP contribution in [0, 0.1) is 10.8 Å². The Balaban J connectivity index is 2.59. The summed E-state index contributed by atoms with van der Waals surface area (Å²) in [4.78, 5) is 11.7. The third-order valence-electron chi connectivity index (χ3n) is 3.39. The van der Waals surface area contributed by atoms with Gasteiger partial charge in [-0.15, -0.1) is 0 Å². The van der Waals surface area contributed by atoms with Crippen molar-refractivity contribution in [2.75, 3.05) is 0 Å². The van der Waals surface area contributed by atoms with Crippen molar-refractivity contribution >= 4 is 11.7 Å². The molecule has 0 aromatic carbocycles. The lowest BCUT2D eigenvalue weighted by Gasteiger charge is -2.45. The van der Waals surface area contributed by atoms with Gasteiger partial charge in [0.05, 0.1) is 6.42 Å².